The van der Waals surface area contributed by atoms with E-state index in [1.807, 2.05) is 0 Å². The summed E-state index contributed by atoms with van der Waals surface area (Å²) in [5, 5.41) is 4.20. The Kier molecular flexibility index (Phi) is 4.78. The summed E-state index contributed by atoms with van der Waals surface area (Å²) < 4.78 is 0. The molecule has 0 saturated carbocycles. The van der Waals surface area contributed by atoms with E-state index in [1.165, 1.54) is 5.56 Å². The Balaban J connectivity index is 1.87. The minimum absolute atomic E-state index is 0.309. The highest BCUT2D eigenvalue weighted by Crippen LogP contribution is 2.13. The maximum Gasteiger partial charge on any atom is 0.223 e. The zero-order valence-electron chi connectivity index (χ0n) is 11.3. The normalized spacial score (nSPS) is 21.9. The van der Waals surface area contributed by atoms with Gasteiger partial charge in [0, 0.05) is 25.6 Å². The van der Waals surface area contributed by atoms with Crippen LogP contribution >= 0.6 is 11.3 Å². The van der Waals surface area contributed by atoms with Crippen molar-refractivity contribution in [3.8, 4) is 0 Å². The third-order valence-electron chi connectivity index (χ3n) is 3.57. The second kappa shape index (κ2) is 6.34. The van der Waals surface area contributed by atoms with Crippen LogP contribution in [0, 0.1) is 0 Å². The Hall–Kier alpha value is -0.870. The Morgan fingerprint density at radius 1 is 1.50 bits per heavy atom. The lowest BCUT2D eigenvalue weighted by Crippen LogP contribution is -2.42. The second-order valence-electron chi connectivity index (χ2n) is 5.18. The molecule has 4 heteroatoms. The van der Waals surface area contributed by atoms with Gasteiger partial charge < -0.3 is 9.80 Å². The van der Waals surface area contributed by atoms with Crippen LogP contribution in [0.4, 0.5) is 0 Å². The first-order valence-electron chi connectivity index (χ1n) is 6.66. The van der Waals surface area contributed by atoms with Gasteiger partial charge in [0.2, 0.25) is 5.91 Å². The van der Waals surface area contributed by atoms with E-state index in [0.29, 0.717) is 18.4 Å². The summed E-state index contributed by atoms with van der Waals surface area (Å²) in [4.78, 5) is 16.7. The molecule has 1 atom stereocenters. The van der Waals surface area contributed by atoms with Crippen LogP contribution in [0.25, 0.3) is 0 Å². The molecule has 1 aliphatic rings. The summed E-state index contributed by atoms with van der Waals surface area (Å²) >= 11 is 1.70. The number of hydrogen-bond acceptors (Lipinski definition) is 3. The van der Waals surface area contributed by atoms with Gasteiger partial charge in [0.25, 0.3) is 0 Å². The first-order chi connectivity index (χ1) is 8.66. The van der Waals surface area contributed by atoms with Crippen molar-refractivity contribution in [3.63, 3.8) is 0 Å². The Morgan fingerprint density at radius 2 is 2.33 bits per heavy atom. The maximum atomic E-state index is 12.3. The molecular weight excluding hydrogens is 244 g/mol. The summed E-state index contributed by atoms with van der Waals surface area (Å²) in [6.07, 6.45) is 2.61. The molecule has 0 bridgehead atoms. The van der Waals surface area contributed by atoms with Crippen LogP contribution < -0.4 is 0 Å². The van der Waals surface area contributed by atoms with Gasteiger partial charge in [-0.2, -0.15) is 11.3 Å². The molecule has 1 aliphatic heterocycles. The third kappa shape index (κ3) is 3.56. The van der Waals surface area contributed by atoms with Crippen molar-refractivity contribution in [1.82, 2.24) is 9.80 Å². The lowest BCUT2D eigenvalue weighted by molar-refractivity contribution is -0.133. The SMILES string of the molecule is CC1CN(C)CCCN1C(=O)CCc1ccsc1. The van der Waals surface area contributed by atoms with Crippen molar-refractivity contribution in [2.45, 2.75) is 32.2 Å². The van der Waals surface area contributed by atoms with Crippen LogP contribution in [0.15, 0.2) is 16.8 Å². The number of rotatable bonds is 3. The predicted octanol–water partition coefficient (Wildman–Crippen LogP) is 2.23. The molecule has 0 aromatic carbocycles. The van der Waals surface area contributed by atoms with Crippen LogP contribution in [0.3, 0.4) is 0 Å². The molecule has 3 nitrogen and oxygen atoms in total. The highest BCUT2D eigenvalue weighted by atomic mass is 32.1. The van der Waals surface area contributed by atoms with Gasteiger partial charge in [0.1, 0.15) is 0 Å². The van der Waals surface area contributed by atoms with Gasteiger partial charge in [-0.15, -0.1) is 0 Å². The molecule has 0 spiro atoms. The quantitative estimate of drug-likeness (QED) is 0.837. The molecule has 1 fully saturated rings. The van der Waals surface area contributed by atoms with Crippen LogP contribution in [-0.4, -0.2) is 48.4 Å². The van der Waals surface area contributed by atoms with Gasteiger partial charge in [-0.05, 0) is 55.7 Å². The Bertz CT molecular complexity index is 377. The number of thiophene rings is 1. The predicted molar refractivity (Wildman–Crippen MR) is 75.9 cm³/mol. The van der Waals surface area contributed by atoms with E-state index in [9.17, 15) is 4.79 Å². The largest absolute Gasteiger partial charge is 0.339 e. The van der Waals surface area contributed by atoms with Gasteiger partial charge in [-0.3, -0.25) is 4.79 Å². The summed E-state index contributed by atoms with van der Waals surface area (Å²) in [6.45, 7) is 5.15. The fraction of sp³-hybridized carbons (Fsp3) is 0.643. The minimum atomic E-state index is 0.309. The molecule has 18 heavy (non-hydrogen) atoms. The molecule has 0 N–H and O–H groups in total. The van der Waals surface area contributed by atoms with E-state index in [1.54, 1.807) is 11.3 Å². The topological polar surface area (TPSA) is 23.6 Å². The second-order valence-corrected chi connectivity index (χ2v) is 5.96. The fourth-order valence-electron chi connectivity index (χ4n) is 2.57. The molecule has 1 aromatic rings. The standard InChI is InChI=1S/C14H22N2OS/c1-12-10-15(2)7-3-8-16(12)14(17)5-4-13-6-9-18-11-13/h6,9,11-12H,3-5,7-8,10H2,1-2H3. The molecule has 1 amide bonds. The molecule has 0 radical (unpaired) electrons. The van der Waals surface area contributed by atoms with Gasteiger partial charge in [-0.1, -0.05) is 0 Å². The van der Waals surface area contributed by atoms with Gasteiger partial charge in [-0.25, -0.2) is 0 Å². The number of likely N-dealkylation sites (N-methyl/N-ethyl adjacent to an activating group) is 1. The Morgan fingerprint density at radius 3 is 3.06 bits per heavy atom. The summed E-state index contributed by atoms with van der Waals surface area (Å²) in [5.41, 5.74) is 1.29. The number of amides is 1. The molecule has 100 valence electrons. The summed E-state index contributed by atoms with van der Waals surface area (Å²) in [6, 6.07) is 2.45. The summed E-state index contributed by atoms with van der Waals surface area (Å²) in [7, 11) is 2.13. The molecule has 1 saturated heterocycles. The zero-order chi connectivity index (χ0) is 13.0. The van der Waals surface area contributed by atoms with E-state index in [2.05, 4.69) is 40.6 Å². The van der Waals surface area contributed by atoms with Gasteiger partial charge >= 0.3 is 0 Å². The van der Waals surface area contributed by atoms with Gasteiger partial charge in [0.15, 0.2) is 0 Å². The highest BCUT2D eigenvalue weighted by molar-refractivity contribution is 7.07. The first-order valence-corrected chi connectivity index (χ1v) is 7.60. The van der Waals surface area contributed by atoms with Gasteiger partial charge in [0.05, 0.1) is 0 Å². The van der Waals surface area contributed by atoms with E-state index >= 15 is 0 Å². The zero-order valence-corrected chi connectivity index (χ0v) is 12.1. The van der Waals surface area contributed by atoms with Crippen molar-refractivity contribution < 1.29 is 4.79 Å². The minimum Gasteiger partial charge on any atom is -0.339 e. The molecule has 0 aliphatic carbocycles. The van der Waals surface area contributed by atoms with Crippen molar-refractivity contribution in [3.05, 3.63) is 22.4 Å². The number of hydrogen-bond donors (Lipinski definition) is 0. The average Bonchev–Trinajstić information content (AvgIpc) is 2.78. The molecule has 1 unspecified atom stereocenters. The molecule has 2 rings (SSSR count). The maximum absolute atomic E-state index is 12.3. The third-order valence-corrected chi connectivity index (χ3v) is 4.31. The van der Waals surface area contributed by atoms with Crippen molar-refractivity contribution >= 4 is 17.2 Å². The van der Waals surface area contributed by atoms with Crippen LogP contribution in [0.5, 0.6) is 0 Å². The molecule has 1 aromatic heterocycles. The van der Waals surface area contributed by atoms with E-state index in [0.717, 1.165) is 32.5 Å². The highest BCUT2D eigenvalue weighted by Gasteiger charge is 2.23. The lowest BCUT2D eigenvalue weighted by Gasteiger charge is -2.28. The number of nitrogens with zero attached hydrogens (tertiary/aromatic N) is 2. The molecule has 2 heterocycles. The van der Waals surface area contributed by atoms with E-state index in [-0.39, 0.29) is 0 Å². The van der Waals surface area contributed by atoms with Crippen LogP contribution in [0.2, 0.25) is 0 Å². The smallest absolute Gasteiger partial charge is 0.223 e. The van der Waals surface area contributed by atoms with E-state index < -0.39 is 0 Å². The molecular formula is C14H22N2OS. The van der Waals surface area contributed by atoms with E-state index in [4.69, 9.17) is 0 Å². The van der Waals surface area contributed by atoms with Crippen LogP contribution in [0.1, 0.15) is 25.3 Å². The number of aryl methyl sites for hydroxylation is 1. The Labute approximate surface area is 113 Å². The number of carbonyl (C=O) groups excluding carboxylic acids is 1. The summed E-state index contributed by atoms with van der Waals surface area (Å²) in [5.74, 6) is 0.309. The lowest BCUT2D eigenvalue weighted by atomic mass is 10.1. The van der Waals surface area contributed by atoms with Crippen LogP contribution in [-0.2, 0) is 11.2 Å². The van der Waals surface area contributed by atoms with Crippen molar-refractivity contribution in [1.29, 1.82) is 0 Å². The number of carbonyl (C=O) groups is 1. The van der Waals surface area contributed by atoms with Crippen molar-refractivity contribution in [2.75, 3.05) is 26.7 Å². The average molecular weight is 266 g/mol. The monoisotopic (exact) mass is 266 g/mol. The first kappa shape index (κ1) is 13.6. The fourth-order valence-corrected chi connectivity index (χ4v) is 3.28. The van der Waals surface area contributed by atoms with Crippen molar-refractivity contribution in [2.24, 2.45) is 0 Å².